The van der Waals surface area contributed by atoms with Gasteiger partial charge in [0.2, 0.25) is 5.88 Å². The molecule has 0 aliphatic carbocycles. The van der Waals surface area contributed by atoms with Crippen LogP contribution in [-0.2, 0) is 6.54 Å². The number of pyridine rings is 1. The number of hydrogen-bond donors (Lipinski definition) is 2. The second-order valence-corrected chi connectivity index (χ2v) is 7.21. The Balaban J connectivity index is 1.32. The highest BCUT2D eigenvalue weighted by molar-refractivity contribution is 6.20. The first-order chi connectivity index (χ1) is 11.2. The summed E-state index contributed by atoms with van der Waals surface area (Å²) in [6.45, 7) is 5.01. The molecular weight excluding hydrogens is 314 g/mol. The van der Waals surface area contributed by atoms with Gasteiger partial charge in [-0.1, -0.05) is 6.07 Å². The van der Waals surface area contributed by atoms with Gasteiger partial charge in [-0.3, -0.25) is 20.4 Å². The van der Waals surface area contributed by atoms with Crippen LogP contribution >= 0.6 is 11.6 Å². The Hall–Kier alpha value is -0.920. The van der Waals surface area contributed by atoms with Gasteiger partial charge < -0.3 is 4.74 Å². The van der Waals surface area contributed by atoms with E-state index in [-0.39, 0.29) is 5.50 Å². The standard InChI is InChI=1S/C16H24ClN5O/c1-23-16-3-2-11(5-20-16)8-22-12-4-13(22)10-21(9-12)15-7-18-14(17)6-19-15/h2-3,5,12-15,18-19H,4,6-10H2,1H3. The van der Waals surface area contributed by atoms with Crippen LogP contribution in [0.15, 0.2) is 18.3 Å². The topological polar surface area (TPSA) is 52.7 Å². The first kappa shape index (κ1) is 15.6. The van der Waals surface area contributed by atoms with Crippen molar-refractivity contribution in [3.63, 3.8) is 0 Å². The van der Waals surface area contributed by atoms with Crippen LogP contribution in [0.25, 0.3) is 0 Å². The molecule has 5 heterocycles. The van der Waals surface area contributed by atoms with E-state index in [0.717, 1.165) is 32.7 Å². The highest BCUT2D eigenvalue weighted by Gasteiger charge is 2.46. The van der Waals surface area contributed by atoms with Gasteiger partial charge in [-0.15, -0.1) is 11.6 Å². The van der Waals surface area contributed by atoms with Gasteiger partial charge in [0.1, 0.15) is 0 Å². The van der Waals surface area contributed by atoms with Crippen molar-refractivity contribution in [3.05, 3.63) is 23.9 Å². The Labute approximate surface area is 142 Å². The Morgan fingerprint density at radius 1 is 1.26 bits per heavy atom. The summed E-state index contributed by atoms with van der Waals surface area (Å²) in [5.41, 5.74) is 1.32. The molecule has 4 aliphatic rings. The highest BCUT2D eigenvalue weighted by atomic mass is 35.5. The van der Waals surface area contributed by atoms with Crippen LogP contribution in [0.3, 0.4) is 0 Å². The number of nitrogens with zero attached hydrogens (tertiary/aromatic N) is 3. The molecule has 0 aromatic carbocycles. The smallest absolute Gasteiger partial charge is 0.212 e. The molecule has 2 bridgehead atoms. The Morgan fingerprint density at radius 2 is 2.09 bits per heavy atom. The number of halogens is 1. The van der Waals surface area contributed by atoms with Crippen LogP contribution in [0.1, 0.15) is 12.0 Å². The summed E-state index contributed by atoms with van der Waals surface area (Å²) in [5.74, 6) is 0.678. The fraction of sp³-hybridized carbons (Fsp3) is 0.688. The van der Waals surface area contributed by atoms with Crippen molar-refractivity contribution < 1.29 is 4.74 Å². The van der Waals surface area contributed by atoms with Crippen molar-refractivity contribution in [2.24, 2.45) is 0 Å². The zero-order valence-electron chi connectivity index (χ0n) is 13.4. The summed E-state index contributed by atoms with van der Waals surface area (Å²) in [6.07, 6.45) is 3.66. The second-order valence-electron chi connectivity index (χ2n) is 6.68. The number of nitrogens with one attached hydrogen (secondary N) is 2. The van der Waals surface area contributed by atoms with E-state index in [9.17, 15) is 0 Å². The van der Waals surface area contributed by atoms with Crippen LogP contribution in [0.5, 0.6) is 5.88 Å². The second kappa shape index (κ2) is 6.53. The molecule has 7 heteroatoms. The SMILES string of the molecule is COc1ccc(CN2C3CC2CN(C2CNC(Cl)CN2)C3)cn1. The summed E-state index contributed by atoms with van der Waals surface area (Å²) in [4.78, 5) is 9.49. The van der Waals surface area contributed by atoms with E-state index in [2.05, 4.69) is 31.5 Å². The number of methoxy groups -OCH3 is 1. The van der Waals surface area contributed by atoms with E-state index < -0.39 is 0 Å². The molecule has 4 atom stereocenters. The Morgan fingerprint density at radius 3 is 2.70 bits per heavy atom. The number of fused-ring (bicyclic) bond motifs is 2. The number of rotatable bonds is 4. The number of ether oxygens (including phenoxy) is 1. The average Bonchev–Trinajstić information content (AvgIpc) is 2.61. The number of piperidine rings is 1. The van der Waals surface area contributed by atoms with Crippen molar-refractivity contribution in [3.8, 4) is 5.88 Å². The molecule has 23 heavy (non-hydrogen) atoms. The molecule has 5 rings (SSSR count). The zero-order valence-corrected chi connectivity index (χ0v) is 14.2. The number of aromatic nitrogens is 1. The van der Waals surface area contributed by atoms with Gasteiger partial charge in [0.25, 0.3) is 0 Å². The van der Waals surface area contributed by atoms with E-state index in [4.69, 9.17) is 16.3 Å². The van der Waals surface area contributed by atoms with Crippen molar-refractivity contribution in [1.82, 2.24) is 25.4 Å². The molecule has 0 radical (unpaired) electrons. The molecule has 1 aromatic rings. The molecule has 4 aliphatic heterocycles. The molecule has 4 unspecified atom stereocenters. The third kappa shape index (κ3) is 3.19. The maximum absolute atomic E-state index is 6.08. The highest BCUT2D eigenvalue weighted by Crippen LogP contribution is 2.34. The lowest BCUT2D eigenvalue weighted by Gasteiger charge is -2.58. The van der Waals surface area contributed by atoms with Gasteiger partial charge in [0, 0.05) is 57.1 Å². The molecular formula is C16H24ClN5O. The van der Waals surface area contributed by atoms with Crippen LogP contribution in [-0.4, -0.2) is 71.8 Å². The Bertz CT molecular complexity index is 522. The predicted molar refractivity (Wildman–Crippen MR) is 89.5 cm³/mol. The third-order valence-electron chi connectivity index (χ3n) is 5.25. The first-order valence-corrected chi connectivity index (χ1v) is 8.76. The van der Waals surface area contributed by atoms with E-state index >= 15 is 0 Å². The zero-order chi connectivity index (χ0) is 15.8. The number of alkyl halides is 1. The summed E-state index contributed by atoms with van der Waals surface area (Å²) < 4.78 is 5.12. The number of piperazine rings is 2. The maximum atomic E-state index is 6.08. The van der Waals surface area contributed by atoms with Gasteiger partial charge in [0.05, 0.1) is 18.8 Å². The lowest BCUT2D eigenvalue weighted by molar-refractivity contribution is -0.0928. The lowest BCUT2D eigenvalue weighted by Crippen LogP contribution is -2.72. The summed E-state index contributed by atoms with van der Waals surface area (Å²) >= 11 is 6.08. The van der Waals surface area contributed by atoms with Crippen LogP contribution in [0.4, 0.5) is 0 Å². The maximum Gasteiger partial charge on any atom is 0.212 e. The van der Waals surface area contributed by atoms with Crippen molar-refractivity contribution in [2.75, 3.05) is 33.3 Å². The van der Waals surface area contributed by atoms with Gasteiger partial charge in [-0.05, 0) is 12.0 Å². The van der Waals surface area contributed by atoms with Crippen LogP contribution in [0.2, 0.25) is 0 Å². The quantitative estimate of drug-likeness (QED) is 0.614. The summed E-state index contributed by atoms with van der Waals surface area (Å²) in [5, 5.41) is 6.89. The van der Waals surface area contributed by atoms with Crippen LogP contribution in [0, 0.1) is 0 Å². The molecule has 4 saturated heterocycles. The van der Waals surface area contributed by atoms with Gasteiger partial charge in [-0.2, -0.15) is 0 Å². The van der Waals surface area contributed by atoms with E-state index in [1.165, 1.54) is 12.0 Å². The predicted octanol–water partition coefficient (Wildman–Crippen LogP) is 0.433. The first-order valence-electron chi connectivity index (χ1n) is 8.32. The molecule has 1 aromatic heterocycles. The summed E-state index contributed by atoms with van der Waals surface area (Å²) in [6, 6.07) is 5.38. The summed E-state index contributed by atoms with van der Waals surface area (Å²) in [7, 11) is 1.65. The molecule has 0 saturated carbocycles. The monoisotopic (exact) mass is 337 g/mol. The number of hydrogen-bond acceptors (Lipinski definition) is 6. The fourth-order valence-corrected chi connectivity index (χ4v) is 4.13. The van der Waals surface area contributed by atoms with Gasteiger partial charge in [-0.25, -0.2) is 4.98 Å². The van der Waals surface area contributed by atoms with Gasteiger partial charge >= 0.3 is 0 Å². The molecule has 4 fully saturated rings. The van der Waals surface area contributed by atoms with Crippen molar-refractivity contribution in [2.45, 2.75) is 36.7 Å². The van der Waals surface area contributed by atoms with Crippen LogP contribution < -0.4 is 15.4 Å². The minimum atomic E-state index is 0.0599. The fourth-order valence-electron chi connectivity index (χ4n) is 3.95. The lowest BCUT2D eigenvalue weighted by atomic mass is 9.86. The molecule has 126 valence electrons. The van der Waals surface area contributed by atoms with E-state index in [1.807, 2.05) is 12.3 Å². The Kier molecular flexibility index (Phi) is 4.43. The minimum absolute atomic E-state index is 0.0599. The molecule has 6 nitrogen and oxygen atoms in total. The normalized spacial score (nSPS) is 34.9. The van der Waals surface area contributed by atoms with E-state index in [0.29, 0.717) is 24.1 Å². The van der Waals surface area contributed by atoms with Gasteiger partial charge in [0.15, 0.2) is 0 Å². The van der Waals surface area contributed by atoms with E-state index in [1.54, 1.807) is 7.11 Å². The largest absolute Gasteiger partial charge is 0.481 e. The minimum Gasteiger partial charge on any atom is -0.481 e. The van der Waals surface area contributed by atoms with Crippen molar-refractivity contribution in [1.29, 1.82) is 0 Å². The molecule has 0 spiro atoms. The molecule has 2 N–H and O–H groups in total. The molecule has 0 amide bonds. The third-order valence-corrected chi connectivity index (χ3v) is 5.56. The van der Waals surface area contributed by atoms with Crippen molar-refractivity contribution >= 4 is 11.6 Å². The average molecular weight is 338 g/mol.